The van der Waals surface area contributed by atoms with Gasteiger partial charge in [0.25, 0.3) is 0 Å². The van der Waals surface area contributed by atoms with Gasteiger partial charge < -0.3 is 10.1 Å². The molecule has 1 aromatic heterocycles. The van der Waals surface area contributed by atoms with E-state index < -0.39 is 0 Å². The summed E-state index contributed by atoms with van der Waals surface area (Å²) >= 11 is 0. The first-order valence-electron chi connectivity index (χ1n) is 6.94. The van der Waals surface area contributed by atoms with Crippen LogP contribution < -0.4 is 10.1 Å². The van der Waals surface area contributed by atoms with Gasteiger partial charge in [-0.25, -0.2) is 4.98 Å². The van der Waals surface area contributed by atoms with E-state index in [1.54, 1.807) is 6.20 Å². The molecule has 19 heavy (non-hydrogen) atoms. The molecule has 0 fully saturated rings. The maximum atomic E-state index is 11.2. The summed E-state index contributed by atoms with van der Waals surface area (Å²) in [5.74, 6) is 0.927. The fraction of sp³-hybridized carbons (Fsp3) is 0.600. The third-order valence-electron chi connectivity index (χ3n) is 2.79. The van der Waals surface area contributed by atoms with Crippen LogP contribution in [0.15, 0.2) is 18.3 Å². The summed E-state index contributed by atoms with van der Waals surface area (Å²) in [5, 5.41) is 3.28. The third-order valence-corrected chi connectivity index (χ3v) is 2.79. The zero-order valence-corrected chi connectivity index (χ0v) is 12.1. The lowest BCUT2D eigenvalue weighted by Gasteiger charge is -2.09. The third kappa shape index (κ3) is 6.91. The van der Waals surface area contributed by atoms with Gasteiger partial charge in [0.2, 0.25) is 5.88 Å². The average Bonchev–Trinajstić information content (AvgIpc) is 2.42. The van der Waals surface area contributed by atoms with Gasteiger partial charge in [0, 0.05) is 37.7 Å². The molecule has 0 aromatic carbocycles. The minimum absolute atomic E-state index is 0.292. The molecule has 1 aromatic rings. The molecule has 0 saturated carbocycles. The van der Waals surface area contributed by atoms with Crippen molar-refractivity contribution in [1.82, 2.24) is 10.3 Å². The van der Waals surface area contributed by atoms with Crippen molar-refractivity contribution in [2.45, 2.75) is 46.1 Å². The Hall–Kier alpha value is -1.42. The summed E-state index contributed by atoms with van der Waals surface area (Å²) in [6, 6.07) is 4.30. The largest absolute Gasteiger partial charge is 0.476 e. The van der Waals surface area contributed by atoms with E-state index in [9.17, 15) is 4.79 Å². The minimum Gasteiger partial charge on any atom is -0.476 e. The van der Waals surface area contributed by atoms with Crippen molar-refractivity contribution < 1.29 is 9.53 Å². The number of carbonyl (C=O) groups excluding carboxylic acids is 1. The highest BCUT2D eigenvalue weighted by atomic mass is 16.5. The second-order valence-corrected chi connectivity index (χ2v) is 4.85. The lowest BCUT2D eigenvalue weighted by Crippen LogP contribution is -2.27. The standard InChI is InChI=1S/C15H24N2O2/c1-4-14(18)7-5-13-6-8-15(17-11-13)19-10-9-16-12(2)3/h6,8,11-12,16H,4-5,7,9-10H2,1-3H3. The van der Waals surface area contributed by atoms with Crippen molar-refractivity contribution in [3.63, 3.8) is 0 Å². The number of nitrogens with zero attached hydrogens (tertiary/aromatic N) is 1. The van der Waals surface area contributed by atoms with E-state index >= 15 is 0 Å². The number of ether oxygens (including phenoxy) is 1. The van der Waals surface area contributed by atoms with Crippen LogP contribution in [0.3, 0.4) is 0 Å². The van der Waals surface area contributed by atoms with Crippen molar-refractivity contribution >= 4 is 5.78 Å². The van der Waals surface area contributed by atoms with E-state index in [0.29, 0.717) is 37.2 Å². The van der Waals surface area contributed by atoms with Crippen LogP contribution in [-0.4, -0.2) is 30.0 Å². The Labute approximate surface area is 115 Å². The quantitative estimate of drug-likeness (QED) is 0.696. The van der Waals surface area contributed by atoms with Gasteiger partial charge in [0.15, 0.2) is 0 Å². The summed E-state index contributed by atoms with van der Waals surface area (Å²) < 4.78 is 5.52. The summed E-state index contributed by atoms with van der Waals surface area (Å²) in [7, 11) is 0. The molecule has 4 heteroatoms. The Balaban J connectivity index is 2.29. The molecule has 0 aliphatic carbocycles. The number of aromatic nitrogens is 1. The number of carbonyl (C=O) groups is 1. The lowest BCUT2D eigenvalue weighted by atomic mass is 10.1. The molecule has 0 amide bonds. The summed E-state index contributed by atoms with van der Waals surface area (Å²) in [6.45, 7) is 7.52. The molecule has 1 rings (SSSR count). The Bertz CT molecular complexity index is 374. The highest BCUT2D eigenvalue weighted by molar-refractivity contribution is 5.78. The molecule has 1 N–H and O–H groups in total. The van der Waals surface area contributed by atoms with Gasteiger partial charge in [-0.15, -0.1) is 0 Å². The first-order chi connectivity index (χ1) is 9.11. The molecular weight excluding hydrogens is 240 g/mol. The summed E-state index contributed by atoms with van der Waals surface area (Å²) in [5.41, 5.74) is 1.08. The van der Waals surface area contributed by atoms with Crippen molar-refractivity contribution in [3.8, 4) is 5.88 Å². The van der Waals surface area contributed by atoms with Crippen LogP contribution in [0.25, 0.3) is 0 Å². The predicted molar refractivity (Wildman–Crippen MR) is 76.5 cm³/mol. The molecule has 1 heterocycles. The topological polar surface area (TPSA) is 51.2 Å². The Morgan fingerprint density at radius 1 is 1.42 bits per heavy atom. The lowest BCUT2D eigenvalue weighted by molar-refractivity contribution is -0.118. The first-order valence-corrected chi connectivity index (χ1v) is 6.94. The summed E-state index contributed by atoms with van der Waals surface area (Å²) in [4.78, 5) is 15.5. The molecule has 0 aliphatic rings. The monoisotopic (exact) mass is 264 g/mol. The minimum atomic E-state index is 0.292. The van der Waals surface area contributed by atoms with Crippen molar-refractivity contribution in [3.05, 3.63) is 23.9 Å². The zero-order chi connectivity index (χ0) is 14.1. The zero-order valence-electron chi connectivity index (χ0n) is 12.1. The molecule has 0 radical (unpaired) electrons. The average molecular weight is 264 g/mol. The van der Waals surface area contributed by atoms with E-state index in [1.165, 1.54) is 0 Å². The molecule has 0 spiro atoms. The maximum absolute atomic E-state index is 11.2. The Kier molecular flexibility index (Phi) is 7.11. The first kappa shape index (κ1) is 15.6. The second-order valence-electron chi connectivity index (χ2n) is 4.85. The molecule has 4 nitrogen and oxygen atoms in total. The smallest absolute Gasteiger partial charge is 0.213 e. The van der Waals surface area contributed by atoms with Gasteiger partial charge in [0.05, 0.1) is 0 Å². The van der Waals surface area contributed by atoms with Crippen LogP contribution in [0, 0.1) is 0 Å². The van der Waals surface area contributed by atoms with Gasteiger partial charge >= 0.3 is 0 Å². The number of rotatable bonds is 9. The number of aryl methyl sites for hydroxylation is 1. The molecular formula is C15H24N2O2. The normalized spacial score (nSPS) is 10.7. The van der Waals surface area contributed by atoms with Crippen molar-refractivity contribution in [2.75, 3.05) is 13.2 Å². The van der Waals surface area contributed by atoms with Crippen molar-refractivity contribution in [1.29, 1.82) is 0 Å². The number of ketones is 1. The van der Waals surface area contributed by atoms with E-state index in [4.69, 9.17) is 4.74 Å². The number of pyridine rings is 1. The number of Topliss-reactive ketones (excluding diaryl/α,β-unsaturated/α-hetero) is 1. The van der Waals surface area contributed by atoms with Crippen LogP contribution in [0.1, 0.15) is 39.2 Å². The van der Waals surface area contributed by atoms with Gasteiger partial charge in [-0.2, -0.15) is 0 Å². The maximum Gasteiger partial charge on any atom is 0.213 e. The van der Waals surface area contributed by atoms with Gasteiger partial charge in [-0.3, -0.25) is 4.79 Å². The second kappa shape index (κ2) is 8.64. The molecule has 0 atom stereocenters. The SMILES string of the molecule is CCC(=O)CCc1ccc(OCCNC(C)C)nc1. The molecule has 0 bridgehead atoms. The molecule has 0 aliphatic heterocycles. The van der Waals surface area contributed by atoms with Gasteiger partial charge in [0.1, 0.15) is 12.4 Å². The van der Waals surface area contributed by atoms with Crippen LogP contribution in [0.2, 0.25) is 0 Å². The van der Waals surface area contributed by atoms with E-state index in [0.717, 1.165) is 18.5 Å². The predicted octanol–water partition coefficient (Wildman–Crippen LogP) is 2.37. The molecule has 0 unspecified atom stereocenters. The molecule has 0 saturated heterocycles. The van der Waals surface area contributed by atoms with E-state index in [-0.39, 0.29) is 0 Å². The van der Waals surface area contributed by atoms with Crippen LogP contribution in [-0.2, 0) is 11.2 Å². The fourth-order valence-corrected chi connectivity index (χ4v) is 1.61. The van der Waals surface area contributed by atoms with Crippen molar-refractivity contribution in [2.24, 2.45) is 0 Å². The highest BCUT2D eigenvalue weighted by Crippen LogP contribution is 2.09. The number of nitrogens with one attached hydrogen (secondary N) is 1. The fourth-order valence-electron chi connectivity index (χ4n) is 1.61. The molecule has 106 valence electrons. The van der Waals surface area contributed by atoms with E-state index in [1.807, 2.05) is 19.1 Å². The van der Waals surface area contributed by atoms with Gasteiger partial charge in [-0.05, 0) is 12.0 Å². The highest BCUT2D eigenvalue weighted by Gasteiger charge is 2.01. The Morgan fingerprint density at radius 2 is 2.21 bits per heavy atom. The number of hydrogen-bond acceptors (Lipinski definition) is 4. The van der Waals surface area contributed by atoms with Crippen LogP contribution >= 0.6 is 0 Å². The summed E-state index contributed by atoms with van der Waals surface area (Å²) in [6.07, 6.45) is 3.75. The van der Waals surface area contributed by atoms with Crippen LogP contribution in [0.4, 0.5) is 0 Å². The Morgan fingerprint density at radius 3 is 2.79 bits per heavy atom. The number of hydrogen-bond donors (Lipinski definition) is 1. The van der Waals surface area contributed by atoms with Gasteiger partial charge in [-0.1, -0.05) is 26.8 Å². The van der Waals surface area contributed by atoms with Crippen LogP contribution in [0.5, 0.6) is 5.88 Å². The van der Waals surface area contributed by atoms with E-state index in [2.05, 4.69) is 24.1 Å².